The second-order valence-electron chi connectivity index (χ2n) is 3.90. The molecule has 16 heavy (non-hydrogen) atoms. The van der Waals surface area contributed by atoms with Crippen LogP contribution in [0, 0.1) is 6.92 Å². The van der Waals surface area contributed by atoms with Crippen molar-refractivity contribution in [3.05, 3.63) is 40.4 Å². The molecule has 0 aliphatic heterocycles. The third kappa shape index (κ3) is 1.86. The molecule has 4 heteroatoms. The fourth-order valence-corrected chi connectivity index (χ4v) is 1.63. The van der Waals surface area contributed by atoms with E-state index < -0.39 is 0 Å². The van der Waals surface area contributed by atoms with Crippen LogP contribution in [0.15, 0.2) is 29.3 Å². The van der Waals surface area contributed by atoms with E-state index >= 15 is 0 Å². The summed E-state index contributed by atoms with van der Waals surface area (Å²) in [5, 5.41) is 0.559. The number of hydrogen-bond donors (Lipinski definition) is 0. The van der Waals surface area contributed by atoms with E-state index in [0.29, 0.717) is 10.9 Å². The van der Waals surface area contributed by atoms with E-state index in [1.807, 2.05) is 19.1 Å². The SMILES string of the molecule is CC(=O)Cn1cnc2ccc(C)cc2c1=O. The van der Waals surface area contributed by atoms with E-state index in [2.05, 4.69) is 4.98 Å². The van der Waals surface area contributed by atoms with Crippen molar-refractivity contribution < 1.29 is 4.79 Å². The second-order valence-corrected chi connectivity index (χ2v) is 3.90. The molecule has 0 fully saturated rings. The summed E-state index contributed by atoms with van der Waals surface area (Å²) in [5.74, 6) is -0.0593. The van der Waals surface area contributed by atoms with Gasteiger partial charge in [0, 0.05) is 0 Å². The van der Waals surface area contributed by atoms with Gasteiger partial charge in [0.25, 0.3) is 5.56 Å². The molecule has 0 spiro atoms. The summed E-state index contributed by atoms with van der Waals surface area (Å²) in [6, 6.07) is 5.51. The molecule has 0 saturated carbocycles. The topological polar surface area (TPSA) is 52.0 Å². The average molecular weight is 216 g/mol. The molecule has 0 aliphatic rings. The minimum absolute atomic E-state index is 0.0593. The highest BCUT2D eigenvalue weighted by atomic mass is 16.1. The molecule has 0 aliphatic carbocycles. The maximum absolute atomic E-state index is 12.0. The summed E-state index contributed by atoms with van der Waals surface area (Å²) in [5.41, 5.74) is 1.51. The Hall–Kier alpha value is -1.97. The van der Waals surface area contributed by atoms with Crippen molar-refractivity contribution in [3.8, 4) is 0 Å². The van der Waals surface area contributed by atoms with Crippen LogP contribution in [0.3, 0.4) is 0 Å². The number of ketones is 1. The minimum Gasteiger partial charge on any atom is -0.298 e. The largest absolute Gasteiger partial charge is 0.298 e. The average Bonchev–Trinajstić information content (AvgIpc) is 2.22. The summed E-state index contributed by atoms with van der Waals surface area (Å²) < 4.78 is 1.34. The predicted molar refractivity (Wildman–Crippen MR) is 61.4 cm³/mol. The Morgan fingerprint density at radius 1 is 1.44 bits per heavy atom. The predicted octanol–water partition coefficient (Wildman–Crippen LogP) is 1.29. The summed E-state index contributed by atoms with van der Waals surface area (Å²) in [6.07, 6.45) is 1.42. The molecule has 1 aromatic carbocycles. The molecular formula is C12H12N2O2. The van der Waals surface area contributed by atoms with Crippen LogP contribution in [-0.2, 0) is 11.3 Å². The minimum atomic E-state index is -0.163. The lowest BCUT2D eigenvalue weighted by atomic mass is 10.2. The number of rotatable bonds is 2. The molecular weight excluding hydrogens is 204 g/mol. The molecule has 0 atom stereocenters. The Morgan fingerprint density at radius 3 is 2.88 bits per heavy atom. The summed E-state index contributed by atoms with van der Waals surface area (Å²) in [6.45, 7) is 3.45. The van der Waals surface area contributed by atoms with Gasteiger partial charge in [0.05, 0.1) is 23.8 Å². The molecule has 0 amide bonds. The van der Waals surface area contributed by atoms with Crippen molar-refractivity contribution in [1.29, 1.82) is 0 Å². The number of carbonyl (C=O) groups excluding carboxylic acids is 1. The van der Waals surface area contributed by atoms with Crippen LogP contribution >= 0.6 is 0 Å². The maximum Gasteiger partial charge on any atom is 0.261 e. The molecule has 0 N–H and O–H groups in total. The van der Waals surface area contributed by atoms with E-state index in [-0.39, 0.29) is 17.9 Å². The van der Waals surface area contributed by atoms with Crippen molar-refractivity contribution in [3.63, 3.8) is 0 Å². The summed E-state index contributed by atoms with van der Waals surface area (Å²) in [4.78, 5) is 27.1. The van der Waals surface area contributed by atoms with E-state index in [1.54, 1.807) is 6.07 Å². The van der Waals surface area contributed by atoms with Crippen LogP contribution in [0.2, 0.25) is 0 Å². The lowest BCUT2D eigenvalue weighted by Gasteiger charge is -2.04. The van der Waals surface area contributed by atoms with Gasteiger partial charge in [-0.1, -0.05) is 11.6 Å². The first kappa shape index (κ1) is 10.5. The molecule has 1 heterocycles. The zero-order valence-corrected chi connectivity index (χ0v) is 9.23. The smallest absolute Gasteiger partial charge is 0.261 e. The molecule has 2 aromatic rings. The van der Waals surface area contributed by atoms with Crippen LogP contribution in [0.4, 0.5) is 0 Å². The Morgan fingerprint density at radius 2 is 2.19 bits per heavy atom. The van der Waals surface area contributed by atoms with E-state index in [9.17, 15) is 9.59 Å². The number of benzene rings is 1. The van der Waals surface area contributed by atoms with Gasteiger partial charge in [0.2, 0.25) is 0 Å². The third-order valence-electron chi connectivity index (χ3n) is 2.37. The van der Waals surface area contributed by atoms with Gasteiger partial charge < -0.3 is 0 Å². The second kappa shape index (κ2) is 3.89. The highest BCUT2D eigenvalue weighted by Gasteiger charge is 2.05. The highest BCUT2D eigenvalue weighted by molar-refractivity contribution is 5.79. The molecule has 82 valence electrons. The Kier molecular flexibility index (Phi) is 2.56. The molecule has 4 nitrogen and oxygen atoms in total. The van der Waals surface area contributed by atoms with E-state index in [0.717, 1.165) is 5.56 Å². The van der Waals surface area contributed by atoms with E-state index in [4.69, 9.17) is 0 Å². The number of fused-ring (bicyclic) bond motifs is 1. The monoisotopic (exact) mass is 216 g/mol. The van der Waals surface area contributed by atoms with Crippen LogP contribution in [0.1, 0.15) is 12.5 Å². The lowest BCUT2D eigenvalue weighted by molar-refractivity contribution is -0.117. The number of nitrogens with zero attached hydrogens (tertiary/aromatic N) is 2. The van der Waals surface area contributed by atoms with Gasteiger partial charge in [-0.15, -0.1) is 0 Å². The van der Waals surface area contributed by atoms with Gasteiger partial charge in [-0.05, 0) is 26.0 Å². The van der Waals surface area contributed by atoms with Gasteiger partial charge >= 0.3 is 0 Å². The quantitative estimate of drug-likeness (QED) is 0.760. The zero-order valence-electron chi connectivity index (χ0n) is 9.23. The molecule has 0 radical (unpaired) electrons. The Bertz CT molecular complexity index is 614. The number of carbonyl (C=O) groups is 1. The van der Waals surface area contributed by atoms with Crippen molar-refractivity contribution >= 4 is 16.7 Å². The normalized spacial score (nSPS) is 10.6. The van der Waals surface area contributed by atoms with Crippen molar-refractivity contribution in [2.45, 2.75) is 20.4 Å². The third-order valence-corrected chi connectivity index (χ3v) is 2.37. The highest BCUT2D eigenvalue weighted by Crippen LogP contribution is 2.08. The number of aromatic nitrogens is 2. The Labute approximate surface area is 92.5 Å². The summed E-state index contributed by atoms with van der Waals surface area (Å²) >= 11 is 0. The number of Topliss-reactive ketones (excluding diaryl/α,β-unsaturated/α-hetero) is 1. The van der Waals surface area contributed by atoms with Crippen molar-refractivity contribution in [1.82, 2.24) is 9.55 Å². The molecule has 0 unspecified atom stereocenters. The first-order valence-corrected chi connectivity index (χ1v) is 5.03. The standard InChI is InChI=1S/C12H12N2O2/c1-8-3-4-11-10(5-8)12(16)14(7-13-11)6-9(2)15/h3-5,7H,6H2,1-2H3. The van der Waals surface area contributed by atoms with Gasteiger partial charge in [0.15, 0.2) is 0 Å². The fraction of sp³-hybridized carbons (Fsp3) is 0.250. The van der Waals surface area contributed by atoms with Crippen molar-refractivity contribution in [2.24, 2.45) is 0 Å². The lowest BCUT2D eigenvalue weighted by Crippen LogP contribution is -2.23. The van der Waals surface area contributed by atoms with Gasteiger partial charge in [-0.25, -0.2) is 4.98 Å². The number of aryl methyl sites for hydroxylation is 1. The van der Waals surface area contributed by atoms with Gasteiger partial charge in [0.1, 0.15) is 5.78 Å². The van der Waals surface area contributed by atoms with Crippen LogP contribution < -0.4 is 5.56 Å². The van der Waals surface area contributed by atoms with Crippen LogP contribution in [0.25, 0.3) is 10.9 Å². The molecule has 1 aromatic heterocycles. The van der Waals surface area contributed by atoms with Gasteiger partial charge in [-0.3, -0.25) is 14.2 Å². The maximum atomic E-state index is 12.0. The van der Waals surface area contributed by atoms with Crippen LogP contribution in [0.5, 0.6) is 0 Å². The molecule has 0 bridgehead atoms. The van der Waals surface area contributed by atoms with Gasteiger partial charge in [-0.2, -0.15) is 0 Å². The Balaban J connectivity index is 2.68. The van der Waals surface area contributed by atoms with Crippen molar-refractivity contribution in [2.75, 3.05) is 0 Å². The first-order chi connectivity index (χ1) is 7.58. The first-order valence-electron chi connectivity index (χ1n) is 5.03. The molecule has 0 saturated heterocycles. The van der Waals surface area contributed by atoms with E-state index in [1.165, 1.54) is 17.8 Å². The zero-order chi connectivity index (χ0) is 11.7. The molecule has 2 rings (SSSR count). The number of hydrogen-bond acceptors (Lipinski definition) is 3. The van der Waals surface area contributed by atoms with Crippen LogP contribution in [-0.4, -0.2) is 15.3 Å². The summed E-state index contributed by atoms with van der Waals surface area (Å²) in [7, 11) is 0. The fourth-order valence-electron chi connectivity index (χ4n) is 1.63.